The molecule has 2 heterocycles. The van der Waals surface area contributed by atoms with Crippen molar-refractivity contribution in [1.82, 2.24) is 14.3 Å². The van der Waals surface area contributed by atoms with E-state index in [1.54, 1.807) is 11.7 Å². The molecule has 27 heavy (non-hydrogen) atoms. The van der Waals surface area contributed by atoms with Crippen LogP contribution in [0.3, 0.4) is 0 Å². The molecule has 0 saturated heterocycles. The van der Waals surface area contributed by atoms with E-state index in [0.29, 0.717) is 27.7 Å². The third-order valence-electron chi connectivity index (χ3n) is 4.27. The molecule has 0 saturated carbocycles. The van der Waals surface area contributed by atoms with E-state index in [9.17, 15) is 9.59 Å². The van der Waals surface area contributed by atoms with Crippen LogP contribution in [-0.2, 0) is 11.8 Å². The van der Waals surface area contributed by atoms with Gasteiger partial charge in [0.15, 0.2) is 0 Å². The van der Waals surface area contributed by atoms with E-state index in [1.165, 1.54) is 31.5 Å². The Hall–Kier alpha value is -3.06. The molecule has 3 aromatic rings. The van der Waals surface area contributed by atoms with Gasteiger partial charge in [0.2, 0.25) is 0 Å². The number of nitrogens with zero attached hydrogens (tertiary/aromatic N) is 3. The maximum absolute atomic E-state index is 12.9. The summed E-state index contributed by atoms with van der Waals surface area (Å²) in [4.78, 5) is 24.6. The first kappa shape index (κ1) is 18.7. The van der Waals surface area contributed by atoms with Crippen LogP contribution in [0.25, 0.3) is 5.82 Å². The van der Waals surface area contributed by atoms with Gasteiger partial charge < -0.3 is 14.6 Å². The molecule has 0 atom stereocenters. The molecule has 3 rings (SSSR count). The van der Waals surface area contributed by atoms with Crippen molar-refractivity contribution >= 4 is 29.2 Å². The highest BCUT2D eigenvalue weighted by atomic mass is 35.5. The van der Waals surface area contributed by atoms with E-state index in [2.05, 4.69) is 10.4 Å². The molecule has 0 aliphatic rings. The minimum absolute atomic E-state index is 0.292. The largest absolute Gasteiger partial charge is 0.465 e. The van der Waals surface area contributed by atoms with Crippen LogP contribution < -0.4 is 5.32 Å². The van der Waals surface area contributed by atoms with Crippen molar-refractivity contribution in [1.29, 1.82) is 0 Å². The zero-order chi connectivity index (χ0) is 19.7. The summed E-state index contributed by atoms with van der Waals surface area (Å²) >= 11 is 6.18. The Morgan fingerprint density at radius 3 is 2.44 bits per heavy atom. The Bertz CT molecular complexity index is 1020. The Balaban J connectivity index is 1.99. The van der Waals surface area contributed by atoms with Gasteiger partial charge in [0.05, 0.1) is 29.6 Å². The lowest BCUT2D eigenvalue weighted by Gasteiger charge is -2.13. The number of aryl methyl sites for hydroxylation is 3. The minimum atomic E-state index is -0.511. The van der Waals surface area contributed by atoms with Crippen LogP contribution in [0.1, 0.15) is 32.1 Å². The van der Waals surface area contributed by atoms with E-state index in [1.807, 2.05) is 30.5 Å². The van der Waals surface area contributed by atoms with Gasteiger partial charge in [-0.05, 0) is 44.2 Å². The molecule has 2 aromatic heterocycles. The number of benzene rings is 1. The molecule has 7 nitrogen and oxygen atoms in total. The zero-order valence-electron chi connectivity index (χ0n) is 15.4. The fourth-order valence-corrected chi connectivity index (χ4v) is 3.08. The number of aromatic nitrogens is 3. The van der Waals surface area contributed by atoms with Crippen LogP contribution in [0.15, 0.2) is 36.5 Å². The number of halogens is 1. The van der Waals surface area contributed by atoms with E-state index >= 15 is 0 Å². The first-order valence-corrected chi connectivity index (χ1v) is 8.57. The molecule has 1 N–H and O–H groups in total. The van der Waals surface area contributed by atoms with E-state index < -0.39 is 5.97 Å². The number of methoxy groups -OCH3 is 1. The lowest BCUT2D eigenvalue weighted by molar-refractivity contribution is 0.0600. The second kappa shape index (κ2) is 7.28. The summed E-state index contributed by atoms with van der Waals surface area (Å²) in [7, 11) is 3.06. The fourth-order valence-electron chi connectivity index (χ4n) is 2.91. The molecule has 140 valence electrons. The van der Waals surface area contributed by atoms with Gasteiger partial charge in [0.1, 0.15) is 11.4 Å². The van der Waals surface area contributed by atoms with Gasteiger partial charge in [-0.1, -0.05) is 11.6 Å². The summed E-state index contributed by atoms with van der Waals surface area (Å²) in [6.07, 6.45) is 1.50. The van der Waals surface area contributed by atoms with Crippen LogP contribution >= 0.6 is 11.6 Å². The number of carbonyl (C=O) groups is 2. The molecule has 1 aromatic carbocycles. The monoisotopic (exact) mass is 386 g/mol. The van der Waals surface area contributed by atoms with Crippen molar-refractivity contribution < 1.29 is 14.3 Å². The topological polar surface area (TPSA) is 78.2 Å². The molecule has 0 fully saturated rings. The number of anilines is 1. The molecule has 0 unspecified atom stereocenters. The molecule has 0 spiro atoms. The summed E-state index contributed by atoms with van der Waals surface area (Å²) in [5, 5.41) is 7.30. The average molecular weight is 387 g/mol. The van der Waals surface area contributed by atoms with Crippen LogP contribution in [-0.4, -0.2) is 33.3 Å². The molecular formula is C19H19ClN4O3. The molecular weight excluding hydrogens is 368 g/mol. The standard InChI is InChI=1S/C19H19ClN4O3/c1-11-5-6-12(2)24(11)18-14(10-21-23(18)3)17(25)22-16-9-13(19(26)27-4)7-8-15(16)20/h5-10H,1-4H3,(H,22,25). The number of hydrogen-bond acceptors (Lipinski definition) is 4. The Kier molecular flexibility index (Phi) is 5.05. The Labute approximate surface area is 161 Å². The number of nitrogens with one attached hydrogen (secondary N) is 1. The normalized spacial score (nSPS) is 10.7. The van der Waals surface area contributed by atoms with Crippen molar-refractivity contribution in [2.45, 2.75) is 13.8 Å². The van der Waals surface area contributed by atoms with Crippen molar-refractivity contribution in [3.05, 3.63) is 64.1 Å². The first-order chi connectivity index (χ1) is 12.8. The van der Waals surface area contributed by atoms with Gasteiger partial charge >= 0.3 is 5.97 Å². The van der Waals surface area contributed by atoms with Gasteiger partial charge in [-0.25, -0.2) is 4.79 Å². The van der Waals surface area contributed by atoms with Crippen LogP contribution in [0.2, 0.25) is 5.02 Å². The maximum atomic E-state index is 12.9. The van der Waals surface area contributed by atoms with Crippen LogP contribution in [0.5, 0.6) is 0 Å². The second-order valence-corrected chi connectivity index (χ2v) is 6.50. The predicted octanol–water partition coefficient (Wildman–Crippen LogP) is 3.52. The fraction of sp³-hybridized carbons (Fsp3) is 0.211. The molecule has 0 aliphatic heterocycles. The van der Waals surface area contributed by atoms with Gasteiger partial charge in [0, 0.05) is 18.4 Å². The first-order valence-electron chi connectivity index (χ1n) is 8.20. The lowest BCUT2D eigenvalue weighted by atomic mass is 10.2. The minimum Gasteiger partial charge on any atom is -0.465 e. The number of amides is 1. The number of ether oxygens (including phenoxy) is 1. The lowest BCUT2D eigenvalue weighted by Crippen LogP contribution is -2.17. The maximum Gasteiger partial charge on any atom is 0.337 e. The van der Waals surface area contributed by atoms with Crippen LogP contribution in [0.4, 0.5) is 5.69 Å². The highest BCUT2D eigenvalue weighted by molar-refractivity contribution is 6.34. The van der Waals surface area contributed by atoms with Gasteiger partial charge in [0.25, 0.3) is 5.91 Å². The molecule has 0 radical (unpaired) electrons. The van der Waals surface area contributed by atoms with Crippen molar-refractivity contribution in [2.75, 3.05) is 12.4 Å². The van der Waals surface area contributed by atoms with Gasteiger partial charge in [-0.2, -0.15) is 5.10 Å². The highest BCUT2D eigenvalue weighted by Gasteiger charge is 2.21. The Morgan fingerprint density at radius 1 is 1.15 bits per heavy atom. The van der Waals surface area contributed by atoms with Gasteiger partial charge in [-0.15, -0.1) is 0 Å². The van der Waals surface area contributed by atoms with E-state index in [0.717, 1.165) is 11.4 Å². The summed E-state index contributed by atoms with van der Waals surface area (Å²) < 4.78 is 8.30. The molecule has 0 bridgehead atoms. The summed E-state index contributed by atoms with van der Waals surface area (Å²) in [6.45, 7) is 3.91. The van der Waals surface area contributed by atoms with E-state index in [-0.39, 0.29) is 5.91 Å². The van der Waals surface area contributed by atoms with Gasteiger partial charge in [-0.3, -0.25) is 9.48 Å². The zero-order valence-corrected chi connectivity index (χ0v) is 16.2. The summed E-state index contributed by atoms with van der Waals surface area (Å²) in [5.41, 5.74) is 2.97. The van der Waals surface area contributed by atoms with Crippen molar-refractivity contribution in [3.63, 3.8) is 0 Å². The number of rotatable bonds is 4. The number of esters is 1. The number of hydrogen-bond donors (Lipinski definition) is 1. The van der Waals surface area contributed by atoms with Crippen LogP contribution in [0, 0.1) is 13.8 Å². The summed E-state index contributed by atoms with van der Waals surface area (Å²) in [6, 6.07) is 8.50. The quantitative estimate of drug-likeness (QED) is 0.696. The summed E-state index contributed by atoms with van der Waals surface area (Å²) in [5.74, 6) is -0.245. The smallest absolute Gasteiger partial charge is 0.337 e. The molecule has 8 heteroatoms. The van der Waals surface area contributed by atoms with Crippen molar-refractivity contribution in [2.24, 2.45) is 7.05 Å². The number of carbonyl (C=O) groups excluding carboxylic acids is 2. The third kappa shape index (κ3) is 3.46. The SMILES string of the molecule is COC(=O)c1ccc(Cl)c(NC(=O)c2cnn(C)c2-n2c(C)ccc2C)c1. The molecule has 0 aliphatic carbocycles. The predicted molar refractivity (Wildman–Crippen MR) is 103 cm³/mol. The van der Waals surface area contributed by atoms with E-state index in [4.69, 9.17) is 16.3 Å². The second-order valence-electron chi connectivity index (χ2n) is 6.10. The third-order valence-corrected chi connectivity index (χ3v) is 4.60. The Morgan fingerprint density at radius 2 is 1.81 bits per heavy atom. The average Bonchev–Trinajstić information content (AvgIpc) is 3.17. The highest BCUT2D eigenvalue weighted by Crippen LogP contribution is 2.26. The van der Waals surface area contributed by atoms with Crippen molar-refractivity contribution in [3.8, 4) is 5.82 Å². The molecule has 1 amide bonds.